The van der Waals surface area contributed by atoms with Crippen molar-refractivity contribution in [3.8, 4) is 0 Å². The minimum absolute atomic E-state index is 0.105. The molecule has 0 aliphatic carbocycles. The fourth-order valence-corrected chi connectivity index (χ4v) is 13.7. The molecule has 0 aromatic heterocycles. The number of hydrogen-bond acceptors (Lipinski definition) is 15. The van der Waals surface area contributed by atoms with Gasteiger partial charge >= 0.3 is 39.5 Å². The molecule has 8 atom stereocenters. The SMILES string of the molecule is CCC(C)CCCCCCCCCCCCCCCCCCCCC(=O)O[C@H](COC(=O)CCCCCCCCCCCCC(C)CC)COP(=O)(O)OC[C@@H](O)COP(=O)(O)OC[C@@H](COC(=O)CCCCCCCCC(C)CC)OC(=O)CCCCCCCCCCCCC(C)C. The predicted molar refractivity (Wildman–Crippen MR) is 404 cm³/mol. The summed E-state index contributed by atoms with van der Waals surface area (Å²) in [6, 6.07) is 0. The highest BCUT2D eigenvalue weighted by molar-refractivity contribution is 7.47. The Morgan fingerprint density at radius 3 is 0.717 bits per heavy atom. The van der Waals surface area contributed by atoms with Crippen LogP contribution in [0.3, 0.4) is 0 Å². The Labute approximate surface area is 607 Å². The second-order valence-corrected chi connectivity index (χ2v) is 32.9. The van der Waals surface area contributed by atoms with Crippen molar-refractivity contribution < 1.29 is 80.2 Å². The third-order valence-corrected chi connectivity index (χ3v) is 21.6. The van der Waals surface area contributed by atoms with E-state index in [1.807, 2.05) is 0 Å². The zero-order valence-corrected chi connectivity index (χ0v) is 66.9. The molecule has 0 rings (SSSR count). The largest absolute Gasteiger partial charge is 0.472 e. The highest BCUT2D eigenvalue weighted by Crippen LogP contribution is 2.45. The summed E-state index contributed by atoms with van der Waals surface area (Å²) in [6.45, 7) is 14.3. The highest BCUT2D eigenvalue weighted by Gasteiger charge is 2.30. The molecule has 0 fully saturated rings. The summed E-state index contributed by atoms with van der Waals surface area (Å²) < 4.78 is 68.6. The van der Waals surface area contributed by atoms with E-state index in [1.54, 1.807) is 0 Å². The van der Waals surface area contributed by atoms with E-state index in [9.17, 15) is 43.2 Å². The van der Waals surface area contributed by atoms with Crippen molar-refractivity contribution in [3.05, 3.63) is 0 Å². The summed E-state index contributed by atoms with van der Waals surface area (Å²) in [5.74, 6) is 1.05. The quantitative estimate of drug-likeness (QED) is 0.0222. The van der Waals surface area contributed by atoms with E-state index in [4.69, 9.17) is 37.0 Å². The lowest BCUT2D eigenvalue weighted by molar-refractivity contribution is -0.161. The number of hydrogen-bond donors (Lipinski definition) is 3. The number of unbranched alkanes of at least 4 members (excludes halogenated alkanes) is 40. The van der Waals surface area contributed by atoms with Crippen LogP contribution < -0.4 is 0 Å². The number of aliphatic hydroxyl groups is 1. The van der Waals surface area contributed by atoms with Crippen LogP contribution >= 0.6 is 15.6 Å². The number of phosphoric ester groups is 2. The molecular weight excluding hydrogens is 1290 g/mol. The second kappa shape index (κ2) is 69.1. The Bertz CT molecular complexity index is 1940. The molecule has 0 aliphatic heterocycles. The van der Waals surface area contributed by atoms with Crippen LogP contribution in [0, 0.1) is 23.7 Å². The van der Waals surface area contributed by atoms with Crippen molar-refractivity contribution in [1.82, 2.24) is 0 Å². The van der Waals surface area contributed by atoms with E-state index in [1.165, 1.54) is 205 Å². The molecule has 19 heteroatoms. The first-order chi connectivity index (χ1) is 47.7. The lowest BCUT2D eigenvalue weighted by atomic mass is 9.99. The van der Waals surface area contributed by atoms with E-state index in [0.29, 0.717) is 25.7 Å². The molecule has 0 aliphatic rings. The number of rotatable bonds is 77. The van der Waals surface area contributed by atoms with Crippen LogP contribution in [0.5, 0.6) is 0 Å². The van der Waals surface area contributed by atoms with Crippen molar-refractivity contribution in [2.45, 2.75) is 427 Å². The van der Waals surface area contributed by atoms with Crippen LogP contribution in [0.4, 0.5) is 0 Å². The van der Waals surface area contributed by atoms with Gasteiger partial charge in [-0.2, -0.15) is 0 Å². The average molecular weight is 1450 g/mol. The summed E-state index contributed by atoms with van der Waals surface area (Å²) >= 11 is 0. The molecule has 0 saturated carbocycles. The molecule has 0 saturated heterocycles. The fourth-order valence-electron chi connectivity index (χ4n) is 12.2. The Balaban J connectivity index is 5.22. The molecule has 0 bridgehead atoms. The van der Waals surface area contributed by atoms with Gasteiger partial charge in [-0.15, -0.1) is 0 Å². The third-order valence-electron chi connectivity index (χ3n) is 19.7. The molecule has 0 aromatic rings. The molecule has 0 amide bonds. The molecule has 0 spiro atoms. The zero-order valence-electron chi connectivity index (χ0n) is 65.1. The first-order valence-corrected chi connectivity index (χ1v) is 44.3. The van der Waals surface area contributed by atoms with Gasteiger partial charge in [-0.25, -0.2) is 9.13 Å². The van der Waals surface area contributed by atoms with Crippen LogP contribution in [0.15, 0.2) is 0 Å². The minimum atomic E-state index is -4.96. The van der Waals surface area contributed by atoms with Crippen molar-refractivity contribution in [3.63, 3.8) is 0 Å². The van der Waals surface area contributed by atoms with Crippen LogP contribution in [0.1, 0.15) is 409 Å². The van der Waals surface area contributed by atoms with Crippen molar-refractivity contribution in [1.29, 1.82) is 0 Å². The average Bonchev–Trinajstić information content (AvgIpc) is 1.65. The normalized spacial score (nSPS) is 14.9. The van der Waals surface area contributed by atoms with E-state index >= 15 is 0 Å². The Hall–Kier alpha value is -1.94. The molecule has 3 N–H and O–H groups in total. The van der Waals surface area contributed by atoms with Crippen LogP contribution in [-0.2, 0) is 65.4 Å². The molecule has 0 aromatic carbocycles. The third kappa shape index (κ3) is 70.2. The van der Waals surface area contributed by atoms with Crippen LogP contribution in [0.2, 0.25) is 0 Å². The van der Waals surface area contributed by atoms with Gasteiger partial charge in [-0.3, -0.25) is 37.3 Å². The van der Waals surface area contributed by atoms with Gasteiger partial charge in [-0.1, -0.05) is 357 Å². The number of ether oxygens (including phenoxy) is 4. The highest BCUT2D eigenvalue weighted by atomic mass is 31.2. The lowest BCUT2D eigenvalue weighted by Gasteiger charge is -2.21. The number of carbonyl (C=O) groups is 4. The maximum absolute atomic E-state index is 13.1. The van der Waals surface area contributed by atoms with Gasteiger partial charge in [0.05, 0.1) is 26.4 Å². The van der Waals surface area contributed by atoms with E-state index in [0.717, 1.165) is 120 Å². The van der Waals surface area contributed by atoms with Crippen molar-refractivity contribution in [2.75, 3.05) is 39.6 Å². The maximum Gasteiger partial charge on any atom is 0.472 e. The van der Waals surface area contributed by atoms with E-state index < -0.39 is 97.5 Å². The van der Waals surface area contributed by atoms with Gasteiger partial charge in [0.2, 0.25) is 0 Å². The molecule has 99 heavy (non-hydrogen) atoms. The van der Waals surface area contributed by atoms with Gasteiger partial charge in [0.15, 0.2) is 12.2 Å². The van der Waals surface area contributed by atoms with Gasteiger partial charge < -0.3 is 33.8 Å². The Morgan fingerprint density at radius 2 is 0.485 bits per heavy atom. The summed E-state index contributed by atoms with van der Waals surface area (Å²) in [5.41, 5.74) is 0. The molecule has 0 heterocycles. The van der Waals surface area contributed by atoms with Gasteiger partial charge in [0.25, 0.3) is 0 Å². The number of aliphatic hydroxyl groups excluding tert-OH is 1. The number of phosphoric acid groups is 2. The Morgan fingerprint density at radius 1 is 0.283 bits per heavy atom. The molecular formula is C80H156O17P2. The summed E-state index contributed by atoms with van der Waals surface area (Å²) in [6.07, 6.45) is 55.5. The molecule has 5 unspecified atom stereocenters. The standard InChI is InChI=1S/C80H156O17P2/c1-9-71(6)57-49-41-33-27-20-18-16-14-12-13-15-17-19-21-30-36-46-54-62-79(84)96-75(66-90-77(82)60-52-44-35-29-25-23-28-34-42-50-58-72(7)10-2)68-94-98(86,87)92-64-74(81)65-93-99(88,89)95-69-76(67-91-78(83)61-53-45-39-38-43-51-59-73(8)11-3)97-80(85)63-55-47-37-31-24-22-26-32-40-48-56-70(4)5/h70-76,81H,9-69H2,1-8H3,(H,86,87)(H,88,89)/t71?,72?,73?,74-,75-,76-/m1/s1. The summed E-state index contributed by atoms with van der Waals surface area (Å²) in [4.78, 5) is 72.9. The first kappa shape index (κ1) is 97.1. The van der Waals surface area contributed by atoms with Crippen LogP contribution in [0.25, 0.3) is 0 Å². The fraction of sp³-hybridized carbons (Fsp3) is 0.950. The first-order valence-electron chi connectivity index (χ1n) is 41.3. The summed E-state index contributed by atoms with van der Waals surface area (Å²) in [5, 5.41) is 10.6. The lowest BCUT2D eigenvalue weighted by Crippen LogP contribution is -2.30. The second-order valence-electron chi connectivity index (χ2n) is 30.0. The maximum atomic E-state index is 13.1. The van der Waals surface area contributed by atoms with Gasteiger partial charge in [0, 0.05) is 25.7 Å². The van der Waals surface area contributed by atoms with Crippen molar-refractivity contribution >= 4 is 39.5 Å². The molecule has 17 nitrogen and oxygen atoms in total. The van der Waals surface area contributed by atoms with Crippen molar-refractivity contribution in [2.24, 2.45) is 23.7 Å². The minimum Gasteiger partial charge on any atom is -0.462 e. The zero-order chi connectivity index (χ0) is 73.1. The number of carbonyl (C=O) groups excluding carboxylic acids is 4. The van der Waals surface area contributed by atoms with Gasteiger partial charge in [0.1, 0.15) is 19.3 Å². The van der Waals surface area contributed by atoms with E-state index in [-0.39, 0.29) is 25.7 Å². The molecule has 0 radical (unpaired) electrons. The predicted octanol–water partition coefficient (Wildman–Crippen LogP) is 23.6. The Kier molecular flexibility index (Phi) is 67.8. The topological polar surface area (TPSA) is 237 Å². The smallest absolute Gasteiger partial charge is 0.462 e. The monoisotopic (exact) mass is 1450 g/mol. The molecule has 588 valence electrons. The van der Waals surface area contributed by atoms with E-state index in [2.05, 4.69) is 55.4 Å². The number of esters is 4. The van der Waals surface area contributed by atoms with Crippen LogP contribution in [-0.4, -0.2) is 96.7 Å². The van der Waals surface area contributed by atoms with Gasteiger partial charge in [-0.05, 0) is 49.4 Å². The summed E-state index contributed by atoms with van der Waals surface area (Å²) in [7, 11) is -9.92.